The molecule has 0 radical (unpaired) electrons. The summed E-state index contributed by atoms with van der Waals surface area (Å²) in [7, 11) is 0. The van der Waals surface area contributed by atoms with E-state index in [1.54, 1.807) is 6.08 Å². The molecule has 0 saturated heterocycles. The first-order chi connectivity index (χ1) is 5.70. The Kier molecular flexibility index (Phi) is 6.01. The Hall–Kier alpha value is -1.09. The minimum absolute atomic E-state index is 0.0852. The van der Waals surface area contributed by atoms with Gasteiger partial charge in [-0.15, -0.1) is 11.6 Å². The molecule has 0 aromatic heterocycles. The molecule has 0 aliphatic rings. The largest absolute Gasteiger partial charge is 0.310 e. The van der Waals surface area contributed by atoms with E-state index in [1.807, 2.05) is 13.0 Å². The van der Waals surface area contributed by atoms with Crippen molar-refractivity contribution in [3.63, 3.8) is 0 Å². The zero-order valence-electron chi connectivity index (χ0n) is 6.88. The van der Waals surface area contributed by atoms with Crippen LogP contribution in [0.2, 0.25) is 0 Å². The lowest BCUT2D eigenvalue weighted by Crippen LogP contribution is -2.22. The number of carbonyl (C=O) groups is 1. The van der Waals surface area contributed by atoms with Gasteiger partial charge in [0.15, 0.2) is 0 Å². The summed E-state index contributed by atoms with van der Waals surface area (Å²) in [6.07, 6.45) is 5.09. The van der Waals surface area contributed by atoms with E-state index in [2.05, 4.69) is 16.9 Å². The van der Waals surface area contributed by atoms with E-state index in [1.165, 1.54) is 6.21 Å². The van der Waals surface area contributed by atoms with E-state index in [4.69, 9.17) is 11.6 Å². The number of nitrogens with zero attached hydrogens (tertiary/aromatic N) is 1. The first-order valence-electron chi connectivity index (χ1n) is 3.40. The van der Waals surface area contributed by atoms with Crippen molar-refractivity contribution in [1.29, 1.82) is 0 Å². The average molecular weight is 187 g/mol. The molecule has 0 saturated carbocycles. The van der Waals surface area contributed by atoms with E-state index in [0.29, 0.717) is 5.82 Å². The lowest BCUT2D eigenvalue weighted by atomic mass is 10.5. The van der Waals surface area contributed by atoms with Gasteiger partial charge in [-0.25, -0.2) is 4.99 Å². The number of aliphatic imine (C=N–C) groups is 1. The second kappa shape index (κ2) is 6.61. The van der Waals surface area contributed by atoms with Crippen LogP contribution >= 0.6 is 11.6 Å². The minimum atomic E-state index is -0.306. The van der Waals surface area contributed by atoms with Crippen molar-refractivity contribution in [2.75, 3.05) is 5.88 Å². The summed E-state index contributed by atoms with van der Waals surface area (Å²) in [4.78, 5) is 14.5. The second-order valence-corrected chi connectivity index (χ2v) is 2.20. The highest BCUT2D eigenvalue weighted by molar-refractivity contribution is 6.27. The Morgan fingerprint density at radius 1 is 1.75 bits per heavy atom. The van der Waals surface area contributed by atoms with Gasteiger partial charge in [-0.2, -0.15) is 0 Å². The van der Waals surface area contributed by atoms with Gasteiger partial charge >= 0.3 is 0 Å². The van der Waals surface area contributed by atoms with E-state index < -0.39 is 0 Å². The molecule has 0 aromatic rings. The third-order valence-corrected chi connectivity index (χ3v) is 1.16. The summed E-state index contributed by atoms with van der Waals surface area (Å²) in [6, 6.07) is 0. The van der Waals surface area contributed by atoms with Gasteiger partial charge in [-0.1, -0.05) is 12.7 Å². The number of hydrogen-bond donors (Lipinski definition) is 1. The average Bonchev–Trinajstić information content (AvgIpc) is 2.05. The number of carbonyl (C=O) groups excluding carboxylic acids is 1. The molecule has 0 aromatic carbocycles. The molecule has 4 heteroatoms. The van der Waals surface area contributed by atoms with Crippen LogP contribution in [-0.2, 0) is 4.79 Å². The van der Waals surface area contributed by atoms with E-state index in [0.717, 1.165) is 0 Å². The van der Waals surface area contributed by atoms with E-state index in [-0.39, 0.29) is 11.8 Å². The maximum absolute atomic E-state index is 10.7. The van der Waals surface area contributed by atoms with Gasteiger partial charge in [0.25, 0.3) is 0 Å². The first-order valence-corrected chi connectivity index (χ1v) is 3.94. The monoisotopic (exact) mass is 186 g/mol. The van der Waals surface area contributed by atoms with Crippen LogP contribution in [0.1, 0.15) is 6.92 Å². The maximum Gasteiger partial charge on any atom is 0.240 e. The van der Waals surface area contributed by atoms with Crippen LogP contribution in [0, 0.1) is 0 Å². The quantitative estimate of drug-likeness (QED) is 0.524. The van der Waals surface area contributed by atoms with Crippen LogP contribution < -0.4 is 5.32 Å². The summed E-state index contributed by atoms with van der Waals surface area (Å²) in [5.74, 6) is -0.101. The Balaban J connectivity index is 3.81. The molecule has 66 valence electrons. The molecule has 0 aliphatic heterocycles. The van der Waals surface area contributed by atoms with E-state index >= 15 is 0 Å². The molecular weight excluding hydrogens is 176 g/mol. The number of halogens is 1. The van der Waals surface area contributed by atoms with Crippen LogP contribution in [0.25, 0.3) is 0 Å². The van der Waals surface area contributed by atoms with Crippen molar-refractivity contribution in [3.8, 4) is 0 Å². The predicted molar refractivity (Wildman–Crippen MR) is 51.3 cm³/mol. The molecule has 1 N–H and O–H groups in total. The summed E-state index contributed by atoms with van der Waals surface area (Å²) >= 11 is 5.24. The molecule has 0 atom stereocenters. The first kappa shape index (κ1) is 10.9. The van der Waals surface area contributed by atoms with Crippen molar-refractivity contribution in [3.05, 3.63) is 24.6 Å². The molecule has 12 heavy (non-hydrogen) atoms. The van der Waals surface area contributed by atoms with Gasteiger partial charge in [0.2, 0.25) is 5.91 Å². The van der Waals surface area contributed by atoms with Crippen molar-refractivity contribution in [2.24, 2.45) is 4.99 Å². The van der Waals surface area contributed by atoms with E-state index in [9.17, 15) is 4.79 Å². The van der Waals surface area contributed by atoms with Gasteiger partial charge in [-0.3, -0.25) is 4.79 Å². The van der Waals surface area contributed by atoms with Crippen LogP contribution in [-0.4, -0.2) is 18.0 Å². The van der Waals surface area contributed by atoms with Crippen molar-refractivity contribution in [2.45, 2.75) is 6.92 Å². The summed E-state index contributed by atoms with van der Waals surface area (Å²) in [5.41, 5.74) is 0. The Morgan fingerprint density at radius 2 is 2.42 bits per heavy atom. The number of hydrogen-bond acceptors (Lipinski definition) is 2. The fourth-order valence-electron chi connectivity index (χ4n) is 0.446. The van der Waals surface area contributed by atoms with Gasteiger partial charge in [-0.05, 0) is 13.0 Å². The molecule has 0 rings (SSSR count). The van der Waals surface area contributed by atoms with Crippen LogP contribution in [0.3, 0.4) is 0 Å². The topological polar surface area (TPSA) is 41.5 Å². The predicted octanol–water partition coefficient (Wildman–Crippen LogP) is 1.46. The van der Waals surface area contributed by atoms with Gasteiger partial charge in [0, 0.05) is 6.21 Å². The number of allylic oxidation sites excluding steroid dienone is 2. The standard InChI is InChI=1S/C8H11ClN2O/c1-3-4-5-10-7(2)11-8(12)6-9/h3-5H,2,6H2,1H3,(H,11,12)/b4-3-,10-5?. The summed E-state index contributed by atoms with van der Waals surface area (Å²) in [6.45, 7) is 5.36. The molecule has 0 spiro atoms. The number of amides is 1. The van der Waals surface area contributed by atoms with Crippen LogP contribution in [0.5, 0.6) is 0 Å². The SMILES string of the molecule is C=C(N=C/C=C\C)NC(=O)CCl. The third kappa shape index (κ3) is 5.68. The Bertz CT molecular complexity index is 221. The molecule has 1 amide bonds. The zero-order valence-corrected chi connectivity index (χ0v) is 7.64. The lowest BCUT2D eigenvalue weighted by molar-refractivity contribution is -0.117. The molecule has 0 heterocycles. The minimum Gasteiger partial charge on any atom is -0.310 e. The normalized spacial score (nSPS) is 10.8. The number of rotatable bonds is 4. The maximum atomic E-state index is 10.7. The molecule has 0 unspecified atom stereocenters. The third-order valence-electron chi connectivity index (χ3n) is 0.914. The highest BCUT2D eigenvalue weighted by Gasteiger charge is 1.96. The van der Waals surface area contributed by atoms with Crippen LogP contribution in [0.15, 0.2) is 29.5 Å². The van der Waals surface area contributed by atoms with Crippen molar-refractivity contribution in [1.82, 2.24) is 5.32 Å². The number of nitrogens with one attached hydrogen (secondary N) is 1. The van der Waals surface area contributed by atoms with Gasteiger partial charge in [0.1, 0.15) is 11.7 Å². The molecule has 0 aliphatic carbocycles. The summed E-state index contributed by atoms with van der Waals surface area (Å²) in [5, 5.41) is 2.39. The van der Waals surface area contributed by atoms with Crippen molar-refractivity contribution >= 4 is 23.7 Å². The Morgan fingerprint density at radius 3 is 2.92 bits per heavy atom. The lowest BCUT2D eigenvalue weighted by Gasteiger charge is -1.98. The van der Waals surface area contributed by atoms with Gasteiger partial charge < -0.3 is 5.32 Å². The second-order valence-electron chi connectivity index (χ2n) is 1.93. The highest BCUT2D eigenvalue weighted by atomic mass is 35.5. The van der Waals surface area contributed by atoms with Crippen molar-refractivity contribution < 1.29 is 4.79 Å². The molecular formula is C8H11ClN2O. The highest BCUT2D eigenvalue weighted by Crippen LogP contribution is 1.86. The Labute approximate surface area is 76.8 Å². The zero-order chi connectivity index (χ0) is 9.40. The molecule has 0 bridgehead atoms. The number of alkyl halides is 1. The molecule has 3 nitrogen and oxygen atoms in total. The molecule has 0 fully saturated rings. The fourth-order valence-corrected chi connectivity index (χ4v) is 0.513. The van der Waals surface area contributed by atoms with Crippen LogP contribution in [0.4, 0.5) is 0 Å². The van der Waals surface area contributed by atoms with Gasteiger partial charge in [0.05, 0.1) is 0 Å². The smallest absolute Gasteiger partial charge is 0.240 e. The summed E-state index contributed by atoms with van der Waals surface area (Å²) < 4.78 is 0. The fraction of sp³-hybridized carbons (Fsp3) is 0.250.